The maximum Gasteiger partial charge on any atom is 0.160 e. The molecule has 2 rings (SSSR count). The van der Waals surface area contributed by atoms with Crippen LogP contribution in [0.25, 0.3) is 11.0 Å². The standard InChI is InChI=1S/C8H7Cl2N3/c1-2-13-8-5(4-11-13)6(9)3-7(10)12-8/h3-4H,2H2,1H3. The minimum absolute atomic E-state index is 0.396. The summed E-state index contributed by atoms with van der Waals surface area (Å²) in [5.41, 5.74) is 0.736. The van der Waals surface area contributed by atoms with Crippen molar-refractivity contribution in [2.45, 2.75) is 13.5 Å². The minimum Gasteiger partial charge on any atom is -0.248 e. The summed E-state index contributed by atoms with van der Waals surface area (Å²) in [6, 6.07) is 1.62. The van der Waals surface area contributed by atoms with Crippen LogP contribution in [0.5, 0.6) is 0 Å². The first-order valence-corrected chi connectivity index (χ1v) is 4.65. The van der Waals surface area contributed by atoms with E-state index in [1.807, 2.05) is 6.92 Å². The highest BCUT2D eigenvalue weighted by Crippen LogP contribution is 2.24. The molecule has 2 heterocycles. The molecule has 0 aliphatic rings. The van der Waals surface area contributed by atoms with Gasteiger partial charge >= 0.3 is 0 Å². The van der Waals surface area contributed by atoms with Crippen molar-refractivity contribution in [3.8, 4) is 0 Å². The molecule has 0 aliphatic carbocycles. The Hall–Kier alpha value is -0.800. The van der Waals surface area contributed by atoms with Crippen LogP contribution in [0.2, 0.25) is 10.2 Å². The molecule has 0 amide bonds. The second kappa shape index (κ2) is 3.16. The third kappa shape index (κ3) is 1.38. The Morgan fingerprint density at radius 3 is 2.92 bits per heavy atom. The van der Waals surface area contributed by atoms with E-state index >= 15 is 0 Å². The Labute approximate surface area is 85.3 Å². The van der Waals surface area contributed by atoms with Gasteiger partial charge in [0.05, 0.1) is 16.6 Å². The van der Waals surface area contributed by atoms with Crippen LogP contribution in [-0.2, 0) is 6.54 Å². The molecule has 0 bridgehead atoms. The molecule has 2 aromatic rings. The van der Waals surface area contributed by atoms with Crippen LogP contribution < -0.4 is 0 Å². The normalized spacial score (nSPS) is 11.0. The van der Waals surface area contributed by atoms with Crippen molar-refractivity contribution in [3.63, 3.8) is 0 Å². The average Bonchev–Trinajstić information content (AvgIpc) is 2.47. The number of pyridine rings is 1. The molecule has 0 saturated heterocycles. The van der Waals surface area contributed by atoms with Gasteiger partial charge in [0.15, 0.2) is 5.65 Å². The summed E-state index contributed by atoms with van der Waals surface area (Å²) in [7, 11) is 0. The number of nitrogens with zero attached hydrogens (tertiary/aromatic N) is 3. The summed E-state index contributed by atoms with van der Waals surface area (Å²) in [4.78, 5) is 4.15. The van der Waals surface area contributed by atoms with Crippen LogP contribution in [0, 0.1) is 0 Å². The Morgan fingerprint density at radius 2 is 2.23 bits per heavy atom. The Kier molecular flexibility index (Phi) is 2.14. The topological polar surface area (TPSA) is 30.7 Å². The molecule has 68 valence electrons. The van der Waals surface area contributed by atoms with E-state index < -0.39 is 0 Å². The molecule has 3 nitrogen and oxygen atoms in total. The molecule has 0 spiro atoms. The fraction of sp³-hybridized carbons (Fsp3) is 0.250. The first-order valence-electron chi connectivity index (χ1n) is 3.90. The first kappa shape index (κ1) is 8.78. The van der Waals surface area contributed by atoms with Gasteiger partial charge in [-0.1, -0.05) is 23.2 Å². The molecular weight excluding hydrogens is 209 g/mol. The lowest BCUT2D eigenvalue weighted by Crippen LogP contribution is -1.97. The zero-order valence-corrected chi connectivity index (χ0v) is 8.47. The van der Waals surface area contributed by atoms with Gasteiger partial charge in [-0.05, 0) is 13.0 Å². The fourth-order valence-electron chi connectivity index (χ4n) is 1.21. The monoisotopic (exact) mass is 215 g/mol. The van der Waals surface area contributed by atoms with E-state index in [1.54, 1.807) is 16.9 Å². The summed E-state index contributed by atoms with van der Waals surface area (Å²) >= 11 is 11.7. The van der Waals surface area contributed by atoms with Crippen LogP contribution in [0.15, 0.2) is 12.3 Å². The molecule has 0 atom stereocenters. The Bertz CT molecular complexity index is 450. The van der Waals surface area contributed by atoms with E-state index in [4.69, 9.17) is 23.2 Å². The van der Waals surface area contributed by atoms with Gasteiger partial charge in [0.2, 0.25) is 0 Å². The average molecular weight is 216 g/mol. The highest BCUT2D eigenvalue weighted by Gasteiger charge is 2.07. The summed E-state index contributed by atoms with van der Waals surface area (Å²) in [6.45, 7) is 2.75. The molecule has 0 N–H and O–H groups in total. The van der Waals surface area contributed by atoms with Crippen molar-refractivity contribution in [2.24, 2.45) is 0 Å². The number of fused-ring (bicyclic) bond motifs is 1. The number of hydrogen-bond acceptors (Lipinski definition) is 2. The van der Waals surface area contributed by atoms with Crippen LogP contribution in [0.4, 0.5) is 0 Å². The third-order valence-electron chi connectivity index (χ3n) is 1.83. The molecule has 2 aromatic heterocycles. The van der Waals surface area contributed by atoms with Gasteiger partial charge in [0, 0.05) is 6.54 Å². The number of halogens is 2. The first-order chi connectivity index (χ1) is 6.22. The van der Waals surface area contributed by atoms with Gasteiger partial charge in [-0.3, -0.25) is 0 Å². The quantitative estimate of drug-likeness (QED) is 0.686. The second-order valence-corrected chi connectivity index (χ2v) is 3.42. The van der Waals surface area contributed by atoms with Crippen molar-refractivity contribution in [1.82, 2.24) is 14.8 Å². The largest absolute Gasteiger partial charge is 0.248 e. The van der Waals surface area contributed by atoms with Crippen LogP contribution >= 0.6 is 23.2 Å². The highest BCUT2D eigenvalue weighted by atomic mass is 35.5. The van der Waals surface area contributed by atoms with Crippen molar-refractivity contribution >= 4 is 34.2 Å². The van der Waals surface area contributed by atoms with Crippen LogP contribution in [0.1, 0.15) is 6.92 Å². The van der Waals surface area contributed by atoms with Crippen molar-refractivity contribution in [1.29, 1.82) is 0 Å². The predicted molar refractivity (Wildman–Crippen MR) is 53.2 cm³/mol. The van der Waals surface area contributed by atoms with Crippen LogP contribution in [-0.4, -0.2) is 14.8 Å². The second-order valence-electron chi connectivity index (χ2n) is 2.62. The lowest BCUT2D eigenvalue weighted by atomic mass is 10.3. The van der Waals surface area contributed by atoms with E-state index in [0.717, 1.165) is 17.6 Å². The maximum absolute atomic E-state index is 5.95. The number of hydrogen-bond donors (Lipinski definition) is 0. The van der Waals surface area contributed by atoms with E-state index in [1.165, 1.54) is 0 Å². The lowest BCUT2D eigenvalue weighted by molar-refractivity contribution is 0.677. The smallest absolute Gasteiger partial charge is 0.160 e. The van der Waals surface area contributed by atoms with Crippen molar-refractivity contribution in [3.05, 3.63) is 22.4 Å². The van der Waals surface area contributed by atoms with E-state index in [9.17, 15) is 0 Å². The molecule has 0 unspecified atom stereocenters. The van der Waals surface area contributed by atoms with E-state index in [-0.39, 0.29) is 0 Å². The molecule has 0 radical (unpaired) electrons. The van der Waals surface area contributed by atoms with Gasteiger partial charge in [0.1, 0.15) is 5.15 Å². The van der Waals surface area contributed by atoms with E-state index in [2.05, 4.69) is 10.1 Å². The van der Waals surface area contributed by atoms with Gasteiger partial charge in [-0.15, -0.1) is 0 Å². The molecule has 0 aromatic carbocycles. The van der Waals surface area contributed by atoms with Crippen molar-refractivity contribution < 1.29 is 0 Å². The molecular formula is C8H7Cl2N3. The minimum atomic E-state index is 0.396. The van der Waals surface area contributed by atoms with Crippen LogP contribution in [0.3, 0.4) is 0 Å². The molecule has 13 heavy (non-hydrogen) atoms. The van der Waals surface area contributed by atoms with Crippen molar-refractivity contribution in [2.75, 3.05) is 0 Å². The third-order valence-corrected chi connectivity index (χ3v) is 2.33. The summed E-state index contributed by atoms with van der Waals surface area (Å²) in [5, 5.41) is 5.96. The molecule has 5 heteroatoms. The van der Waals surface area contributed by atoms with Gasteiger partial charge in [-0.25, -0.2) is 9.67 Å². The molecule has 0 saturated carbocycles. The number of aryl methyl sites for hydroxylation is 1. The van der Waals surface area contributed by atoms with Gasteiger partial charge < -0.3 is 0 Å². The highest BCUT2D eigenvalue weighted by molar-refractivity contribution is 6.37. The SMILES string of the molecule is CCn1ncc2c(Cl)cc(Cl)nc21. The zero-order chi connectivity index (χ0) is 9.42. The Morgan fingerprint density at radius 1 is 1.46 bits per heavy atom. The van der Waals surface area contributed by atoms with E-state index in [0.29, 0.717) is 10.2 Å². The number of aromatic nitrogens is 3. The summed E-state index contributed by atoms with van der Waals surface area (Å²) < 4.78 is 1.76. The Balaban J connectivity index is 2.82. The predicted octanol–water partition coefficient (Wildman–Crippen LogP) is 2.76. The lowest BCUT2D eigenvalue weighted by Gasteiger charge is -1.98. The van der Waals surface area contributed by atoms with Gasteiger partial charge in [-0.2, -0.15) is 5.10 Å². The fourth-order valence-corrected chi connectivity index (χ4v) is 1.69. The van der Waals surface area contributed by atoms with Gasteiger partial charge in [0.25, 0.3) is 0 Å². The number of rotatable bonds is 1. The molecule has 0 aliphatic heterocycles. The maximum atomic E-state index is 5.95. The summed E-state index contributed by atoms with van der Waals surface area (Å²) in [6.07, 6.45) is 1.70. The molecule has 0 fully saturated rings. The zero-order valence-electron chi connectivity index (χ0n) is 6.96. The summed E-state index contributed by atoms with van der Waals surface area (Å²) in [5.74, 6) is 0.